The molecule has 2 aliphatic carbocycles. The number of hydrogen-bond acceptors (Lipinski definition) is 5. The predicted molar refractivity (Wildman–Crippen MR) is 139 cm³/mol. The molecule has 3 fully saturated rings. The van der Waals surface area contributed by atoms with Crippen molar-refractivity contribution in [1.29, 1.82) is 0 Å². The summed E-state index contributed by atoms with van der Waals surface area (Å²) in [7, 11) is 0. The molecule has 0 aromatic heterocycles. The Morgan fingerprint density at radius 3 is 2.19 bits per heavy atom. The van der Waals surface area contributed by atoms with Gasteiger partial charge in [0.25, 0.3) is 5.91 Å². The average Bonchev–Trinajstić information content (AvgIpc) is 3.14. The Morgan fingerprint density at radius 1 is 1.03 bits per heavy atom. The van der Waals surface area contributed by atoms with Crippen molar-refractivity contribution in [2.24, 2.45) is 28.9 Å². The van der Waals surface area contributed by atoms with Crippen LogP contribution in [0.4, 0.5) is 4.79 Å². The molecule has 1 saturated heterocycles. The van der Waals surface area contributed by atoms with Crippen LogP contribution in [-0.4, -0.2) is 64.6 Å². The highest BCUT2D eigenvalue weighted by atomic mass is 16.2. The van der Waals surface area contributed by atoms with Crippen molar-refractivity contribution >= 4 is 29.5 Å². The summed E-state index contributed by atoms with van der Waals surface area (Å²) in [6.07, 6.45) is 5.61. The van der Waals surface area contributed by atoms with Crippen molar-refractivity contribution in [3.05, 3.63) is 0 Å². The molecule has 2 saturated carbocycles. The van der Waals surface area contributed by atoms with Gasteiger partial charge < -0.3 is 26.6 Å². The molecule has 5 N–H and O–H groups in total. The van der Waals surface area contributed by atoms with E-state index in [1.807, 2.05) is 27.7 Å². The summed E-state index contributed by atoms with van der Waals surface area (Å²) in [5.41, 5.74) is 4.63. The van der Waals surface area contributed by atoms with Crippen LogP contribution >= 0.6 is 0 Å². The number of urea groups is 1. The number of amides is 5. The third-order valence-corrected chi connectivity index (χ3v) is 8.38. The van der Waals surface area contributed by atoms with Gasteiger partial charge in [-0.1, -0.05) is 46.5 Å². The molecular formula is C27H45N5O5. The van der Waals surface area contributed by atoms with Crippen LogP contribution in [0, 0.1) is 23.2 Å². The van der Waals surface area contributed by atoms with E-state index in [-0.39, 0.29) is 35.5 Å². The van der Waals surface area contributed by atoms with Crippen LogP contribution < -0.4 is 21.7 Å². The molecule has 3 aliphatic rings. The number of piperidine rings is 1. The van der Waals surface area contributed by atoms with Crippen molar-refractivity contribution < 1.29 is 24.0 Å². The Balaban J connectivity index is 1.85. The van der Waals surface area contributed by atoms with Crippen LogP contribution in [0.5, 0.6) is 0 Å². The number of hydrogen-bond donors (Lipinski definition) is 4. The van der Waals surface area contributed by atoms with E-state index in [0.717, 1.165) is 32.1 Å². The van der Waals surface area contributed by atoms with Gasteiger partial charge in [0, 0.05) is 12.1 Å². The molecule has 5 atom stereocenters. The van der Waals surface area contributed by atoms with E-state index < -0.39 is 47.3 Å². The first-order chi connectivity index (χ1) is 17.2. The molecule has 0 aromatic rings. The van der Waals surface area contributed by atoms with Crippen LogP contribution in [0.25, 0.3) is 0 Å². The maximum Gasteiger partial charge on any atom is 0.315 e. The van der Waals surface area contributed by atoms with Crippen LogP contribution in [0.1, 0.15) is 86.5 Å². The second-order valence-electron chi connectivity index (χ2n) is 12.7. The molecule has 1 unspecified atom stereocenters. The molecule has 5 amide bonds. The van der Waals surface area contributed by atoms with Crippen molar-refractivity contribution in [2.45, 2.75) is 110 Å². The van der Waals surface area contributed by atoms with E-state index in [1.165, 1.54) is 0 Å². The number of nitrogens with one attached hydrogen (secondary N) is 3. The van der Waals surface area contributed by atoms with Crippen molar-refractivity contribution in [3.8, 4) is 0 Å². The van der Waals surface area contributed by atoms with Gasteiger partial charge in [0.05, 0.1) is 6.04 Å². The Kier molecular flexibility index (Phi) is 8.59. The fourth-order valence-electron chi connectivity index (χ4n) is 6.34. The minimum absolute atomic E-state index is 0.00936. The summed E-state index contributed by atoms with van der Waals surface area (Å²) < 4.78 is 0. The van der Waals surface area contributed by atoms with Gasteiger partial charge in [-0.2, -0.15) is 0 Å². The molecule has 0 bridgehead atoms. The number of rotatable bonds is 9. The zero-order valence-electron chi connectivity index (χ0n) is 23.2. The lowest BCUT2D eigenvalue weighted by molar-refractivity contribution is -0.144. The highest BCUT2D eigenvalue weighted by molar-refractivity contribution is 6.37. The van der Waals surface area contributed by atoms with E-state index >= 15 is 0 Å². The van der Waals surface area contributed by atoms with Crippen LogP contribution in [0.2, 0.25) is 0 Å². The smallest absolute Gasteiger partial charge is 0.315 e. The lowest BCUT2D eigenvalue weighted by atomic mass is 9.83. The molecule has 3 rings (SSSR count). The summed E-state index contributed by atoms with van der Waals surface area (Å²) in [5, 5.41) is 8.54. The van der Waals surface area contributed by atoms with E-state index in [0.29, 0.717) is 13.0 Å². The zero-order chi connectivity index (χ0) is 27.7. The molecule has 10 heteroatoms. The molecular weight excluding hydrogens is 474 g/mol. The number of nitrogens with two attached hydrogens (primary N) is 1. The van der Waals surface area contributed by atoms with Gasteiger partial charge >= 0.3 is 6.03 Å². The molecule has 37 heavy (non-hydrogen) atoms. The molecule has 0 spiro atoms. The molecule has 10 nitrogen and oxygen atoms in total. The number of carbonyl (C=O) groups excluding carboxylic acids is 5. The average molecular weight is 520 g/mol. The lowest BCUT2D eigenvalue weighted by Crippen LogP contribution is -2.61. The first-order valence-corrected chi connectivity index (χ1v) is 13.7. The largest absolute Gasteiger partial charge is 0.363 e. The van der Waals surface area contributed by atoms with Crippen molar-refractivity contribution in [1.82, 2.24) is 20.9 Å². The second-order valence-corrected chi connectivity index (χ2v) is 12.7. The Bertz CT molecular complexity index is 921. The standard InChI is InChI=1S/C27H45N5O5/c1-7-11-17(21(33)22(28)34)29-23(35)20-18-16(27(18,5)6)14-32(20)24(36)19(15-12-9-8-10-13-15)30-25(37)31-26(2,3)4/h15-20H,7-14H2,1-6H3,(H2,28,34)(H,29,35)(H2,30,31,37)/t16-,17?,18-,19-,20-/m0/s1. The van der Waals surface area contributed by atoms with Gasteiger partial charge in [-0.3, -0.25) is 19.2 Å². The number of nitrogens with zero attached hydrogens (tertiary/aromatic N) is 1. The quantitative estimate of drug-likeness (QED) is 0.343. The zero-order valence-corrected chi connectivity index (χ0v) is 23.2. The lowest BCUT2D eigenvalue weighted by Gasteiger charge is -2.37. The fraction of sp³-hybridized carbons (Fsp3) is 0.815. The minimum Gasteiger partial charge on any atom is -0.363 e. The maximum absolute atomic E-state index is 14.1. The topological polar surface area (TPSA) is 151 Å². The number of primary amides is 1. The second kappa shape index (κ2) is 11.0. The molecule has 1 heterocycles. The highest BCUT2D eigenvalue weighted by Crippen LogP contribution is 2.65. The monoisotopic (exact) mass is 519 g/mol. The number of fused-ring (bicyclic) bond motifs is 1. The van der Waals surface area contributed by atoms with Crippen molar-refractivity contribution in [3.63, 3.8) is 0 Å². The first kappa shape index (κ1) is 28.9. The van der Waals surface area contributed by atoms with Gasteiger partial charge in [0.15, 0.2) is 0 Å². The predicted octanol–water partition coefficient (Wildman–Crippen LogP) is 1.86. The number of ketones is 1. The van der Waals surface area contributed by atoms with E-state index in [1.54, 1.807) is 4.90 Å². The molecule has 208 valence electrons. The number of carbonyl (C=O) groups is 5. The highest BCUT2D eigenvalue weighted by Gasteiger charge is 2.69. The van der Waals surface area contributed by atoms with E-state index in [2.05, 4.69) is 29.8 Å². The van der Waals surface area contributed by atoms with E-state index in [9.17, 15) is 24.0 Å². The van der Waals surface area contributed by atoms with Crippen LogP contribution in [0.15, 0.2) is 0 Å². The van der Waals surface area contributed by atoms with Crippen molar-refractivity contribution in [2.75, 3.05) is 6.54 Å². The molecule has 1 aliphatic heterocycles. The fourth-order valence-corrected chi connectivity index (χ4v) is 6.34. The summed E-state index contributed by atoms with van der Waals surface area (Å²) in [5.74, 6) is -2.54. The normalized spacial score (nSPS) is 26.4. The summed E-state index contributed by atoms with van der Waals surface area (Å²) in [4.78, 5) is 66.0. The SMILES string of the molecule is CCCC(NC(=O)[C@@H]1[C@@H]2[C@H](CN1C(=O)[C@@H](NC(=O)NC(C)(C)C)C1CCCCC1)C2(C)C)C(=O)C(N)=O. The minimum atomic E-state index is -1.09. The molecule has 0 radical (unpaired) electrons. The van der Waals surface area contributed by atoms with Gasteiger partial charge in [0.2, 0.25) is 17.6 Å². The Morgan fingerprint density at radius 2 is 1.65 bits per heavy atom. The van der Waals surface area contributed by atoms with Crippen LogP contribution in [-0.2, 0) is 19.2 Å². The summed E-state index contributed by atoms with van der Waals surface area (Å²) in [6, 6.07) is -2.93. The molecule has 0 aromatic carbocycles. The third kappa shape index (κ3) is 6.44. The number of Topliss-reactive ketones (excluding diaryl/α,β-unsaturated/α-hetero) is 1. The third-order valence-electron chi connectivity index (χ3n) is 8.38. The Hall–Kier alpha value is -2.65. The van der Waals surface area contributed by atoms with Gasteiger partial charge in [0.1, 0.15) is 12.1 Å². The van der Waals surface area contributed by atoms with Gasteiger partial charge in [-0.05, 0) is 63.2 Å². The van der Waals surface area contributed by atoms with Gasteiger partial charge in [-0.15, -0.1) is 0 Å². The number of likely N-dealkylation sites (tertiary alicyclic amines) is 1. The first-order valence-electron chi connectivity index (χ1n) is 13.7. The summed E-state index contributed by atoms with van der Waals surface area (Å²) >= 11 is 0. The van der Waals surface area contributed by atoms with Gasteiger partial charge in [-0.25, -0.2) is 4.79 Å². The maximum atomic E-state index is 14.1. The summed E-state index contributed by atoms with van der Waals surface area (Å²) in [6.45, 7) is 12.1. The Labute approximate surface area is 220 Å². The van der Waals surface area contributed by atoms with Crippen LogP contribution in [0.3, 0.4) is 0 Å². The van der Waals surface area contributed by atoms with E-state index in [4.69, 9.17) is 5.73 Å².